The van der Waals surface area contributed by atoms with Crippen molar-refractivity contribution in [2.24, 2.45) is 0 Å². The van der Waals surface area contributed by atoms with Gasteiger partial charge in [0.1, 0.15) is 6.10 Å². The Morgan fingerprint density at radius 3 is 2.74 bits per heavy atom. The minimum Gasteiger partial charge on any atom is -0.478 e. The van der Waals surface area contributed by atoms with E-state index in [1.54, 1.807) is 7.05 Å². The highest BCUT2D eigenvalue weighted by atomic mass is 16.5. The van der Waals surface area contributed by atoms with Gasteiger partial charge < -0.3 is 20.5 Å². The number of aromatic carboxylic acids is 1. The first kappa shape index (κ1) is 13.4. The topological polar surface area (TPSA) is 92.9 Å². The van der Waals surface area contributed by atoms with Crippen molar-refractivity contribution < 1.29 is 19.4 Å². The van der Waals surface area contributed by atoms with Gasteiger partial charge in [-0.3, -0.25) is 4.79 Å². The van der Waals surface area contributed by atoms with Gasteiger partial charge in [-0.2, -0.15) is 0 Å². The van der Waals surface area contributed by atoms with E-state index in [0.29, 0.717) is 18.7 Å². The van der Waals surface area contributed by atoms with Gasteiger partial charge in [-0.1, -0.05) is 0 Å². The van der Waals surface area contributed by atoms with E-state index in [9.17, 15) is 9.59 Å². The second-order valence-electron chi connectivity index (χ2n) is 4.48. The van der Waals surface area contributed by atoms with Gasteiger partial charge in [0, 0.05) is 13.7 Å². The van der Waals surface area contributed by atoms with E-state index in [4.69, 9.17) is 15.6 Å². The monoisotopic (exact) mass is 264 g/mol. The van der Waals surface area contributed by atoms with Crippen molar-refractivity contribution in [1.82, 2.24) is 0 Å². The average molecular weight is 264 g/mol. The van der Waals surface area contributed by atoms with E-state index in [1.165, 1.54) is 23.1 Å². The summed E-state index contributed by atoms with van der Waals surface area (Å²) in [6.45, 7) is 0.595. The number of carboxylic acids is 1. The Morgan fingerprint density at radius 2 is 2.21 bits per heavy atom. The molecule has 1 heterocycles. The Hall–Kier alpha value is -2.08. The Morgan fingerprint density at radius 1 is 1.47 bits per heavy atom. The first-order chi connectivity index (χ1) is 9.00. The molecule has 0 aromatic heterocycles. The highest BCUT2D eigenvalue weighted by molar-refractivity contribution is 6.00. The smallest absolute Gasteiger partial charge is 0.335 e. The Balaban J connectivity index is 2.21. The Kier molecular flexibility index (Phi) is 3.71. The van der Waals surface area contributed by atoms with Crippen LogP contribution in [0.15, 0.2) is 18.2 Å². The van der Waals surface area contributed by atoms with Crippen molar-refractivity contribution in [1.29, 1.82) is 0 Å². The van der Waals surface area contributed by atoms with Gasteiger partial charge in [0.05, 0.1) is 16.9 Å². The number of carbonyl (C=O) groups is 2. The molecule has 1 aromatic carbocycles. The second-order valence-corrected chi connectivity index (χ2v) is 4.48. The largest absolute Gasteiger partial charge is 0.478 e. The fraction of sp³-hybridized carbons (Fsp3) is 0.385. The number of ether oxygens (including phenoxy) is 1. The molecule has 0 saturated carbocycles. The number of likely N-dealkylation sites (N-methyl/N-ethyl adjacent to an activating group) is 1. The molecule has 1 atom stereocenters. The highest BCUT2D eigenvalue weighted by Gasteiger charge is 2.27. The zero-order valence-corrected chi connectivity index (χ0v) is 10.6. The van der Waals surface area contributed by atoms with E-state index < -0.39 is 12.1 Å². The molecule has 0 spiro atoms. The van der Waals surface area contributed by atoms with Crippen molar-refractivity contribution in [2.45, 2.75) is 18.9 Å². The van der Waals surface area contributed by atoms with Crippen LogP contribution < -0.4 is 10.6 Å². The van der Waals surface area contributed by atoms with Crippen LogP contribution in [0.4, 0.5) is 11.4 Å². The molecule has 1 amide bonds. The van der Waals surface area contributed by atoms with Crippen LogP contribution in [0.2, 0.25) is 0 Å². The molecule has 0 radical (unpaired) electrons. The number of nitrogen functional groups attached to an aromatic ring is 1. The second kappa shape index (κ2) is 5.27. The number of rotatable bonds is 3. The number of nitrogens with two attached hydrogens (primary N) is 1. The third kappa shape index (κ3) is 2.68. The molecule has 6 nitrogen and oxygen atoms in total. The normalized spacial score (nSPS) is 18.3. The molecular weight excluding hydrogens is 248 g/mol. The third-order valence-corrected chi connectivity index (χ3v) is 3.17. The molecule has 102 valence electrons. The molecule has 6 heteroatoms. The van der Waals surface area contributed by atoms with Crippen LogP contribution in [0.1, 0.15) is 23.2 Å². The molecule has 0 aliphatic carbocycles. The maximum Gasteiger partial charge on any atom is 0.335 e. The molecule has 1 aliphatic rings. The Labute approximate surface area is 110 Å². The lowest BCUT2D eigenvalue weighted by Crippen LogP contribution is -2.36. The van der Waals surface area contributed by atoms with E-state index in [0.717, 1.165) is 6.42 Å². The molecular formula is C13H16N2O4. The minimum absolute atomic E-state index is 0.0965. The van der Waals surface area contributed by atoms with Crippen molar-refractivity contribution in [3.63, 3.8) is 0 Å². The fourth-order valence-electron chi connectivity index (χ4n) is 2.10. The number of hydrogen-bond donors (Lipinski definition) is 2. The van der Waals surface area contributed by atoms with Crippen molar-refractivity contribution in [3.05, 3.63) is 23.8 Å². The molecule has 19 heavy (non-hydrogen) atoms. The number of nitrogens with zero attached hydrogens (tertiary/aromatic N) is 1. The van der Waals surface area contributed by atoms with Crippen molar-refractivity contribution >= 4 is 23.3 Å². The summed E-state index contributed by atoms with van der Waals surface area (Å²) in [4.78, 5) is 24.4. The van der Waals surface area contributed by atoms with Crippen molar-refractivity contribution in [3.8, 4) is 0 Å². The summed E-state index contributed by atoms with van der Waals surface area (Å²) < 4.78 is 5.33. The maximum absolute atomic E-state index is 12.1. The number of amides is 1. The van der Waals surface area contributed by atoms with Gasteiger partial charge >= 0.3 is 5.97 Å². The van der Waals surface area contributed by atoms with Gasteiger partial charge in [-0.05, 0) is 31.0 Å². The van der Waals surface area contributed by atoms with Crippen LogP contribution in [-0.2, 0) is 9.53 Å². The molecule has 0 bridgehead atoms. The fourth-order valence-corrected chi connectivity index (χ4v) is 2.10. The number of carboxylic acid groups (broad SMARTS) is 1. The van der Waals surface area contributed by atoms with Gasteiger partial charge in [0.2, 0.25) is 0 Å². The number of benzene rings is 1. The predicted octanol–water partition coefficient (Wildman–Crippen LogP) is 1.11. The van der Waals surface area contributed by atoms with Gasteiger partial charge in [-0.15, -0.1) is 0 Å². The lowest BCUT2D eigenvalue weighted by atomic mass is 10.1. The van der Waals surface area contributed by atoms with Gasteiger partial charge in [0.25, 0.3) is 5.91 Å². The third-order valence-electron chi connectivity index (χ3n) is 3.17. The molecule has 2 rings (SSSR count). The molecule has 1 aliphatic heterocycles. The predicted molar refractivity (Wildman–Crippen MR) is 70.2 cm³/mol. The summed E-state index contributed by atoms with van der Waals surface area (Å²) >= 11 is 0. The summed E-state index contributed by atoms with van der Waals surface area (Å²) in [6, 6.07) is 4.30. The van der Waals surface area contributed by atoms with Gasteiger partial charge in [0.15, 0.2) is 0 Å². The summed E-state index contributed by atoms with van der Waals surface area (Å²) in [6.07, 6.45) is 1.15. The Bertz CT molecular complexity index is 509. The highest BCUT2D eigenvalue weighted by Crippen LogP contribution is 2.25. The zero-order valence-electron chi connectivity index (χ0n) is 10.6. The number of anilines is 2. The summed E-state index contributed by atoms with van der Waals surface area (Å²) in [5, 5.41) is 8.86. The van der Waals surface area contributed by atoms with Crippen LogP contribution in [0.5, 0.6) is 0 Å². The first-order valence-electron chi connectivity index (χ1n) is 6.02. The summed E-state index contributed by atoms with van der Waals surface area (Å²) in [5.41, 5.74) is 6.64. The van der Waals surface area contributed by atoms with E-state index in [-0.39, 0.29) is 17.2 Å². The molecule has 1 aromatic rings. The van der Waals surface area contributed by atoms with Crippen LogP contribution in [-0.4, -0.2) is 36.7 Å². The first-order valence-corrected chi connectivity index (χ1v) is 6.02. The van der Waals surface area contributed by atoms with E-state index in [1.807, 2.05) is 0 Å². The minimum atomic E-state index is -1.05. The average Bonchev–Trinajstić information content (AvgIpc) is 2.90. The standard InChI is InChI=1S/C13H16N2O4/c1-15(12(16)11-3-2-6-19-11)10-5-4-8(13(17)18)7-9(10)14/h4-5,7,11H,2-3,6,14H2,1H3,(H,17,18). The lowest BCUT2D eigenvalue weighted by molar-refractivity contribution is -0.127. The zero-order chi connectivity index (χ0) is 14.0. The molecule has 1 fully saturated rings. The lowest BCUT2D eigenvalue weighted by Gasteiger charge is -2.22. The van der Waals surface area contributed by atoms with Crippen LogP contribution in [0.3, 0.4) is 0 Å². The van der Waals surface area contributed by atoms with Crippen LogP contribution in [0, 0.1) is 0 Å². The molecule has 1 saturated heterocycles. The molecule has 3 N–H and O–H groups in total. The maximum atomic E-state index is 12.1. The van der Waals surface area contributed by atoms with Crippen molar-refractivity contribution in [2.75, 3.05) is 24.3 Å². The van der Waals surface area contributed by atoms with Gasteiger partial charge in [-0.25, -0.2) is 4.79 Å². The van der Waals surface area contributed by atoms with E-state index >= 15 is 0 Å². The van der Waals surface area contributed by atoms with Crippen LogP contribution >= 0.6 is 0 Å². The van der Waals surface area contributed by atoms with E-state index in [2.05, 4.69) is 0 Å². The summed E-state index contributed by atoms with van der Waals surface area (Å²) in [5.74, 6) is -1.21. The summed E-state index contributed by atoms with van der Waals surface area (Å²) in [7, 11) is 1.61. The molecule has 1 unspecified atom stereocenters. The van der Waals surface area contributed by atoms with Crippen LogP contribution in [0.25, 0.3) is 0 Å². The number of hydrogen-bond acceptors (Lipinski definition) is 4. The number of carbonyl (C=O) groups excluding carboxylic acids is 1. The SMILES string of the molecule is CN(C(=O)C1CCCO1)c1ccc(C(=O)O)cc1N. The quantitative estimate of drug-likeness (QED) is 0.798.